The van der Waals surface area contributed by atoms with Gasteiger partial charge in [-0.25, -0.2) is 9.97 Å². The van der Waals surface area contributed by atoms with Gasteiger partial charge in [-0.05, 0) is 29.8 Å². The van der Waals surface area contributed by atoms with E-state index in [0.29, 0.717) is 11.6 Å². The summed E-state index contributed by atoms with van der Waals surface area (Å²) in [5.41, 5.74) is 4.19. The molecular formula is C20H18N6O. The predicted octanol–water partition coefficient (Wildman–Crippen LogP) is 3.05. The minimum Gasteiger partial charge on any atom is -0.355 e. The molecule has 0 radical (unpaired) electrons. The second kappa shape index (κ2) is 7.25. The van der Waals surface area contributed by atoms with Gasteiger partial charge in [0, 0.05) is 43.1 Å². The van der Waals surface area contributed by atoms with Crippen molar-refractivity contribution in [3.8, 4) is 0 Å². The highest BCUT2D eigenvalue weighted by Gasteiger charge is 2.08. The van der Waals surface area contributed by atoms with Crippen LogP contribution in [-0.2, 0) is 6.42 Å². The maximum absolute atomic E-state index is 11.6. The zero-order valence-corrected chi connectivity index (χ0v) is 14.7. The Bertz CT molecular complexity index is 1090. The third kappa shape index (κ3) is 3.77. The van der Waals surface area contributed by atoms with E-state index < -0.39 is 0 Å². The molecular weight excluding hydrogens is 340 g/mol. The number of fused-ring (bicyclic) bond motifs is 1. The Labute approximate surface area is 155 Å². The average molecular weight is 358 g/mol. The minimum atomic E-state index is -0.179. The number of carbonyl (C=O) groups is 1. The Morgan fingerprint density at radius 1 is 1.15 bits per heavy atom. The summed E-state index contributed by atoms with van der Waals surface area (Å²) < 4.78 is 0. The summed E-state index contributed by atoms with van der Waals surface area (Å²) in [6, 6.07) is 13.7. The molecule has 0 saturated carbocycles. The molecule has 3 N–H and O–H groups in total. The molecule has 0 atom stereocenters. The largest absolute Gasteiger partial charge is 0.355 e. The first kappa shape index (κ1) is 16.7. The number of rotatable bonds is 5. The molecule has 27 heavy (non-hydrogen) atoms. The Kier molecular flexibility index (Phi) is 4.49. The van der Waals surface area contributed by atoms with E-state index in [0.717, 1.165) is 34.3 Å². The summed E-state index contributed by atoms with van der Waals surface area (Å²) >= 11 is 0. The van der Waals surface area contributed by atoms with E-state index >= 15 is 0 Å². The average Bonchev–Trinajstić information content (AvgIpc) is 3.16. The van der Waals surface area contributed by atoms with E-state index in [2.05, 4.69) is 36.6 Å². The summed E-state index contributed by atoms with van der Waals surface area (Å²) in [6.45, 7) is 0. The summed E-state index contributed by atoms with van der Waals surface area (Å²) in [4.78, 5) is 27.8. The van der Waals surface area contributed by atoms with Crippen LogP contribution in [0.25, 0.3) is 10.9 Å². The van der Waals surface area contributed by atoms with Gasteiger partial charge in [0.1, 0.15) is 5.69 Å². The van der Waals surface area contributed by atoms with Crippen LogP contribution in [0, 0.1) is 0 Å². The number of benzene rings is 1. The lowest BCUT2D eigenvalue weighted by molar-refractivity contribution is 0.0959. The highest BCUT2D eigenvalue weighted by atomic mass is 16.1. The lowest BCUT2D eigenvalue weighted by Crippen LogP contribution is -2.17. The van der Waals surface area contributed by atoms with Crippen molar-refractivity contribution in [3.63, 3.8) is 0 Å². The van der Waals surface area contributed by atoms with Gasteiger partial charge in [0.15, 0.2) is 0 Å². The van der Waals surface area contributed by atoms with Crippen molar-refractivity contribution in [2.24, 2.45) is 0 Å². The highest BCUT2D eigenvalue weighted by Crippen LogP contribution is 2.19. The van der Waals surface area contributed by atoms with Gasteiger partial charge >= 0.3 is 0 Å². The van der Waals surface area contributed by atoms with Crippen LogP contribution in [-0.4, -0.2) is 32.9 Å². The molecule has 3 heterocycles. The highest BCUT2D eigenvalue weighted by molar-refractivity contribution is 5.93. The molecule has 1 aromatic carbocycles. The number of amides is 1. The van der Waals surface area contributed by atoms with Crippen LogP contribution in [0.15, 0.2) is 61.1 Å². The maximum atomic E-state index is 11.6. The van der Waals surface area contributed by atoms with E-state index in [9.17, 15) is 4.79 Å². The molecule has 7 heteroatoms. The fourth-order valence-corrected chi connectivity index (χ4v) is 2.81. The topological polar surface area (TPSA) is 95.6 Å². The smallest absolute Gasteiger partial charge is 0.267 e. The third-order valence-corrected chi connectivity index (χ3v) is 4.17. The Hall–Kier alpha value is -3.74. The number of aromatic amines is 1. The molecule has 134 valence electrons. The second-order valence-electron chi connectivity index (χ2n) is 6.09. The summed E-state index contributed by atoms with van der Waals surface area (Å²) in [5.74, 6) is 0.293. The number of nitrogens with zero attached hydrogens (tertiary/aromatic N) is 3. The van der Waals surface area contributed by atoms with E-state index in [1.807, 2.05) is 30.3 Å². The summed E-state index contributed by atoms with van der Waals surface area (Å²) in [5, 5.41) is 6.66. The van der Waals surface area contributed by atoms with Crippen molar-refractivity contribution in [2.45, 2.75) is 6.42 Å². The SMILES string of the molecule is CNC(=O)c1cc(Nc2ncc3ccc(Cc4ccccn4)cc3n2)c[nH]1. The molecule has 3 aromatic heterocycles. The van der Waals surface area contributed by atoms with Crippen molar-refractivity contribution < 1.29 is 4.79 Å². The monoisotopic (exact) mass is 358 g/mol. The summed E-state index contributed by atoms with van der Waals surface area (Å²) in [7, 11) is 1.59. The van der Waals surface area contributed by atoms with E-state index in [4.69, 9.17) is 0 Å². The van der Waals surface area contributed by atoms with Crippen LogP contribution in [0.2, 0.25) is 0 Å². The number of hydrogen-bond donors (Lipinski definition) is 3. The van der Waals surface area contributed by atoms with E-state index in [1.54, 1.807) is 31.7 Å². The van der Waals surface area contributed by atoms with Gasteiger partial charge in [-0.2, -0.15) is 0 Å². The minimum absolute atomic E-state index is 0.179. The first-order valence-corrected chi connectivity index (χ1v) is 8.54. The lowest BCUT2D eigenvalue weighted by atomic mass is 10.1. The molecule has 4 rings (SSSR count). The van der Waals surface area contributed by atoms with Crippen LogP contribution in [0.4, 0.5) is 11.6 Å². The number of anilines is 2. The molecule has 0 unspecified atom stereocenters. The van der Waals surface area contributed by atoms with Gasteiger partial charge in [0.25, 0.3) is 5.91 Å². The predicted molar refractivity (Wildman–Crippen MR) is 104 cm³/mol. The fraction of sp³-hybridized carbons (Fsp3) is 0.100. The Morgan fingerprint density at radius 3 is 2.89 bits per heavy atom. The first-order chi connectivity index (χ1) is 13.2. The quantitative estimate of drug-likeness (QED) is 0.510. The van der Waals surface area contributed by atoms with Crippen molar-refractivity contribution in [1.82, 2.24) is 25.3 Å². The van der Waals surface area contributed by atoms with Crippen LogP contribution in [0.3, 0.4) is 0 Å². The molecule has 0 aliphatic rings. The van der Waals surface area contributed by atoms with Crippen molar-refractivity contribution in [3.05, 3.63) is 78.0 Å². The molecule has 0 saturated heterocycles. The third-order valence-electron chi connectivity index (χ3n) is 4.17. The molecule has 7 nitrogen and oxygen atoms in total. The molecule has 0 aliphatic carbocycles. The van der Waals surface area contributed by atoms with E-state index in [-0.39, 0.29) is 5.91 Å². The zero-order chi connectivity index (χ0) is 18.6. The van der Waals surface area contributed by atoms with Crippen LogP contribution in [0.1, 0.15) is 21.7 Å². The molecule has 0 aliphatic heterocycles. The van der Waals surface area contributed by atoms with Crippen molar-refractivity contribution >= 4 is 28.4 Å². The Morgan fingerprint density at radius 2 is 2.07 bits per heavy atom. The fourth-order valence-electron chi connectivity index (χ4n) is 2.81. The Balaban J connectivity index is 1.57. The van der Waals surface area contributed by atoms with Crippen LogP contribution < -0.4 is 10.6 Å². The number of pyridine rings is 1. The van der Waals surface area contributed by atoms with Crippen LogP contribution >= 0.6 is 0 Å². The van der Waals surface area contributed by atoms with Gasteiger partial charge in [0.05, 0.1) is 11.2 Å². The molecule has 1 amide bonds. The molecule has 0 fully saturated rings. The normalized spacial score (nSPS) is 10.7. The number of H-pyrrole nitrogens is 1. The number of hydrogen-bond acceptors (Lipinski definition) is 5. The van der Waals surface area contributed by atoms with Gasteiger partial charge < -0.3 is 15.6 Å². The zero-order valence-electron chi connectivity index (χ0n) is 14.7. The molecule has 0 bridgehead atoms. The molecule has 4 aromatic rings. The van der Waals surface area contributed by atoms with Gasteiger partial charge in [-0.3, -0.25) is 9.78 Å². The van der Waals surface area contributed by atoms with Crippen molar-refractivity contribution in [2.75, 3.05) is 12.4 Å². The number of nitrogens with one attached hydrogen (secondary N) is 3. The first-order valence-electron chi connectivity index (χ1n) is 8.54. The summed E-state index contributed by atoms with van der Waals surface area (Å²) in [6.07, 6.45) is 6.03. The van der Waals surface area contributed by atoms with Crippen LogP contribution in [0.5, 0.6) is 0 Å². The second-order valence-corrected chi connectivity index (χ2v) is 6.09. The number of aromatic nitrogens is 4. The maximum Gasteiger partial charge on any atom is 0.267 e. The number of carbonyl (C=O) groups excluding carboxylic acids is 1. The van der Waals surface area contributed by atoms with Gasteiger partial charge in [-0.15, -0.1) is 0 Å². The molecule has 0 spiro atoms. The van der Waals surface area contributed by atoms with E-state index in [1.165, 1.54) is 0 Å². The standard InChI is InChI=1S/C20H18N6O/c1-21-19(27)18-10-16(12-23-18)25-20-24-11-14-6-5-13(9-17(14)26-20)8-15-4-2-3-7-22-15/h2-7,9-12,23H,8H2,1H3,(H,21,27)(H,24,25,26). The van der Waals surface area contributed by atoms with Gasteiger partial charge in [0.2, 0.25) is 5.95 Å². The lowest BCUT2D eigenvalue weighted by Gasteiger charge is -2.06. The van der Waals surface area contributed by atoms with Gasteiger partial charge in [-0.1, -0.05) is 18.2 Å². The van der Waals surface area contributed by atoms with Crippen molar-refractivity contribution in [1.29, 1.82) is 0 Å².